The molecule has 0 atom stereocenters. The number of nitrogens with one attached hydrogen (secondary N) is 1. The average Bonchev–Trinajstić information content (AvgIpc) is 2.53. The monoisotopic (exact) mass is 312 g/mol. The van der Waals surface area contributed by atoms with E-state index in [2.05, 4.69) is 4.72 Å². The first kappa shape index (κ1) is 14.6. The van der Waals surface area contributed by atoms with Crippen LogP contribution < -0.4 is 10.5 Å². The van der Waals surface area contributed by atoms with Crippen LogP contribution in [-0.4, -0.2) is 8.42 Å². The smallest absolute Gasteiger partial charge is 0.240 e. The van der Waals surface area contributed by atoms with E-state index in [0.29, 0.717) is 5.69 Å². The molecule has 0 saturated heterocycles. The molecule has 0 bridgehead atoms. The van der Waals surface area contributed by atoms with Gasteiger partial charge in [-0.2, -0.15) is 0 Å². The van der Waals surface area contributed by atoms with Crippen LogP contribution in [0.5, 0.6) is 0 Å². The van der Waals surface area contributed by atoms with E-state index < -0.39 is 10.0 Å². The van der Waals surface area contributed by atoms with E-state index >= 15 is 0 Å². The first-order valence-electron chi connectivity index (χ1n) is 6.88. The third-order valence-corrected chi connectivity index (χ3v) is 4.94. The molecule has 3 aromatic rings. The predicted molar refractivity (Wildman–Crippen MR) is 88.8 cm³/mol. The largest absolute Gasteiger partial charge is 0.399 e. The summed E-state index contributed by atoms with van der Waals surface area (Å²) in [6.07, 6.45) is 0. The minimum atomic E-state index is -3.55. The van der Waals surface area contributed by atoms with E-state index in [1.54, 1.807) is 12.1 Å². The molecule has 0 heterocycles. The standard InChI is InChI=1S/C17H16N2O2S/c18-15-8-10-16(11-9-15)22(20,21)19-12-14-6-3-5-13-4-1-2-7-17(13)14/h1-11,19H,12,18H2. The maximum absolute atomic E-state index is 12.3. The molecule has 3 N–H and O–H groups in total. The second-order valence-corrected chi connectivity index (χ2v) is 6.80. The Bertz CT molecular complexity index is 898. The topological polar surface area (TPSA) is 72.2 Å². The molecular weight excluding hydrogens is 296 g/mol. The van der Waals surface area contributed by atoms with E-state index in [0.717, 1.165) is 16.3 Å². The Kier molecular flexibility index (Phi) is 3.83. The van der Waals surface area contributed by atoms with Crippen molar-refractivity contribution in [3.63, 3.8) is 0 Å². The van der Waals surface area contributed by atoms with E-state index in [1.165, 1.54) is 12.1 Å². The van der Waals surface area contributed by atoms with Gasteiger partial charge in [0.15, 0.2) is 0 Å². The van der Waals surface area contributed by atoms with Gasteiger partial charge in [0.05, 0.1) is 4.90 Å². The molecule has 0 unspecified atom stereocenters. The van der Waals surface area contributed by atoms with Crippen LogP contribution in [-0.2, 0) is 16.6 Å². The van der Waals surface area contributed by atoms with Crippen molar-refractivity contribution in [2.45, 2.75) is 11.4 Å². The fourth-order valence-corrected chi connectivity index (χ4v) is 3.36. The summed E-state index contributed by atoms with van der Waals surface area (Å²) in [7, 11) is -3.55. The molecule has 0 radical (unpaired) electrons. The highest BCUT2D eigenvalue weighted by molar-refractivity contribution is 7.89. The predicted octanol–water partition coefficient (Wildman–Crippen LogP) is 2.90. The van der Waals surface area contributed by atoms with Gasteiger partial charge in [0.2, 0.25) is 10.0 Å². The van der Waals surface area contributed by atoms with Crippen LogP contribution in [0.2, 0.25) is 0 Å². The second kappa shape index (κ2) is 5.79. The highest BCUT2D eigenvalue weighted by atomic mass is 32.2. The maximum atomic E-state index is 12.3. The van der Waals surface area contributed by atoms with Gasteiger partial charge in [-0.3, -0.25) is 0 Å². The van der Waals surface area contributed by atoms with Crippen LogP contribution in [0, 0.1) is 0 Å². The number of benzene rings is 3. The molecule has 112 valence electrons. The fourth-order valence-electron chi connectivity index (χ4n) is 2.35. The Morgan fingerprint density at radius 3 is 2.32 bits per heavy atom. The van der Waals surface area contributed by atoms with Crippen LogP contribution >= 0.6 is 0 Å². The first-order chi connectivity index (χ1) is 10.6. The molecule has 0 aromatic heterocycles. The molecule has 0 aliphatic heterocycles. The Morgan fingerprint density at radius 2 is 1.55 bits per heavy atom. The second-order valence-electron chi connectivity index (χ2n) is 5.03. The summed E-state index contributed by atoms with van der Waals surface area (Å²) < 4.78 is 27.2. The van der Waals surface area contributed by atoms with Crippen molar-refractivity contribution < 1.29 is 8.42 Å². The van der Waals surface area contributed by atoms with Crippen molar-refractivity contribution in [3.05, 3.63) is 72.3 Å². The van der Waals surface area contributed by atoms with E-state index in [1.807, 2.05) is 42.5 Å². The zero-order valence-corrected chi connectivity index (χ0v) is 12.7. The highest BCUT2D eigenvalue weighted by Gasteiger charge is 2.13. The van der Waals surface area contributed by atoms with Crippen molar-refractivity contribution in [3.8, 4) is 0 Å². The van der Waals surface area contributed by atoms with E-state index in [-0.39, 0.29) is 11.4 Å². The Hall–Kier alpha value is -2.37. The van der Waals surface area contributed by atoms with Crippen LogP contribution in [0.4, 0.5) is 5.69 Å². The molecule has 4 nitrogen and oxygen atoms in total. The number of anilines is 1. The molecule has 0 aliphatic rings. The van der Waals surface area contributed by atoms with Gasteiger partial charge in [0.1, 0.15) is 0 Å². The minimum absolute atomic E-state index is 0.210. The number of hydrogen-bond acceptors (Lipinski definition) is 3. The van der Waals surface area contributed by atoms with Gasteiger partial charge >= 0.3 is 0 Å². The first-order valence-corrected chi connectivity index (χ1v) is 8.36. The zero-order chi connectivity index (χ0) is 15.6. The van der Waals surface area contributed by atoms with Gasteiger partial charge in [-0.15, -0.1) is 0 Å². The van der Waals surface area contributed by atoms with Gasteiger partial charge in [-0.1, -0.05) is 42.5 Å². The third-order valence-electron chi connectivity index (χ3n) is 3.52. The van der Waals surface area contributed by atoms with Gasteiger partial charge in [0.25, 0.3) is 0 Å². The van der Waals surface area contributed by atoms with Crippen LogP contribution in [0.3, 0.4) is 0 Å². The Balaban J connectivity index is 1.86. The molecule has 0 aliphatic carbocycles. The molecule has 5 heteroatoms. The fraction of sp³-hybridized carbons (Fsp3) is 0.0588. The molecule has 3 aromatic carbocycles. The third kappa shape index (κ3) is 2.95. The van der Waals surface area contributed by atoms with Crippen molar-refractivity contribution in [1.29, 1.82) is 0 Å². The number of rotatable bonds is 4. The minimum Gasteiger partial charge on any atom is -0.399 e. The Labute approximate surface area is 129 Å². The summed E-state index contributed by atoms with van der Waals surface area (Å²) in [6, 6.07) is 19.9. The van der Waals surface area contributed by atoms with E-state index in [9.17, 15) is 8.42 Å². The van der Waals surface area contributed by atoms with Gasteiger partial charge < -0.3 is 5.73 Å². The zero-order valence-electron chi connectivity index (χ0n) is 11.9. The molecule has 22 heavy (non-hydrogen) atoms. The summed E-state index contributed by atoms with van der Waals surface area (Å²) in [4.78, 5) is 0.210. The summed E-state index contributed by atoms with van der Waals surface area (Å²) in [6.45, 7) is 0.244. The lowest BCUT2D eigenvalue weighted by atomic mass is 10.1. The lowest BCUT2D eigenvalue weighted by molar-refractivity contribution is 0.581. The lowest BCUT2D eigenvalue weighted by Crippen LogP contribution is -2.23. The normalized spacial score (nSPS) is 11.6. The quantitative estimate of drug-likeness (QED) is 0.728. The number of hydrogen-bond donors (Lipinski definition) is 2. The van der Waals surface area contributed by atoms with Crippen molar-refractivity contribution >= 4 is 26.5 Å². The number of sulfonamides is 1. The molecule has 0 saturated carbocycles. The van der Waals surface area contributed by atoms with Crippen molar-refractivity contribution in [2.24, 2.45) is 0 Å². The van der Waals surface area contributed by atoms with Gasteiger partial charge in [0, 0.05) is 12.2 Å². The molecular formula is C17H16N2O2S. The molecule has 0 amide bonds. The number of nitrogens with two attached hydrogens (primary N) is 1. The maximum Gasteiger partial charge on any atom is 0.240 e. The average molecular weight is 312 g/mol. The summed E-state index contributed by atoms with van der Waals surface area (Å²) >= 11 is 0. The van der Waals surface area contributed by atoms with Gasteiger partial charge in [-0.05, 0) is 40.6 Å². The summed E-state index contributed by atoms with van der Waals surface area (Å²) in [5.41, 5.74) is 7.06. The Morgan fingerprint density at radius 1 is 0.864 bits per heavy atom. The number of fused-ring (bicyclic) bond motifs is 1. The van der Waals surface area contributed by atoms with Gasteiger partial charge in [-0.25, -0.2) is 13.1 Å². The molecule has 0 fully saturated rings. The SMILES string of the molecule is Nc1ccc(S(=O)(=O)NCc2cccc3ccccc23)cc1. The summed E-state index contributed by atoms with van der Waals surface area (Å²) in [5, 5.41) is 2.14. The number of nitrogen functional groups attached to an aromatic ring is 1. The van der Waals surface area contributed by atoms with Crippen molar-refractivity contribution in [1.82, 2.24) is 4.72 Å². The van der Waals surface area contributed by atoms with Crippen LogP contribution in [0.15, 0.2) is 71.6 Å². The highest BCUT2D eigenvalue weighted by Crippen LogP contribution is 2.19. The summed E-state index contributed by atoms with van der Waals surface area (Å²) in [5.74, 6) is 0. The lowest BCUT2D eigenvalue weighted by Gasteiger charge is -2.09. The molecule has 0 spiro atoms. The molecule has 3 rings (SSSR count). The van der Waals surface area contributed by atoms with Crippen molar-refractivity contribution in [2.75, 3.05) is 5.73 Å². The van der Waals surface area contributed by atoms with E-state index in [4.69, 9.17) is 5.73 Å². The van der Waals surface area contributed by atoms with Crippen LogP contribution in [0.25, 0.3) is 10.8 Å². The van der Waals surface area contributed by atoms with Crippen LogP contribution in [0.1, 0.15) is 5.56 Å².